The van der Waals surface area contributed by atoms with Gasteiger partial charge in [0.05, 0.1) is 17.6 Å². The number of rotatable bonds is 11. The third-order valence-electron chi connectivity index (χ3n) is 8.98. The molecule has 0 aromatic heterocycles. The largest absolute Gasteiger partial charge is 0.276 e. The second kappa shape index (κ2) is 15.1. The molecule has 0 atom stereocenters. The Balaban J connectivity index is 2.71. The molecule has 0 saturated heterocycles. The third kappa shape index (κ3) is 8.30. The number of benzene rings is 3. The zero-order valence-corrected chi connectivity index (χ0v) is 31.7. The first-order chi connectivity index (χ1) is 21.0. The van der Waals surface area contributed by atoms with Crippen LogP contribution in [-0.2, 0) is 0 Å². The van der Waals surface area contributed by atoms with E-state index in [-0.39, 0.29) is 12.1 Å². The maximum atomic E-state index is 3.91. The van der Waals surface area contributed by atoms with Crippen molar-refractivity contribution in [2.75, 3.05) is 0 Å². The molecule has 0 fully saturated rings. The summed E-state index contributed by atoms with van der Waals surface area (Å²) in [4.78, 5) is 3.91. The summed E-state index contributed by atoms with van der Waals surface area (Å²) in [7, 11) is 0. The van der Waals surface area contributed by atoms with E-state index in [1.54, 1.807) is 0 Å². The first-order valence-corrected chi connectivity index (χ1v) is 17.9. The van der Waals surface area contributed by atoms with E-state index < -0.39 is 0 Å². The highest BCUT2D eigenvalue weighted by Gasteiger charge is 2.30. The van der Waals surface area contributed by atoms with Crippen LogP contribution in [0.25, 0.3) is 22.3 Å². The molecular weight excluding hydrogens is 544 g/mol. The summed E-state index contributed by atoms with van der Waals surface area (Å²) in [5, 5.41) is 3.91. The summed E-state index contributed by atoms with van der Waals surface area (Å²) in [5.41, 5.74) is 15.4. The van der Waals surface area contributed by atoms with Gasteiger partial charge in [-0.05, 0) is 119 Å². The van der Waals surface area contributed by atoms with Crippen LogP contribution >= 0.6 is 0 Å². The number of hydrogen-bond acceptors (Lipinski definition) is 0. The lowest BCUT2D eigenvalue weighted by Crippen LogP contribution is -2.81. The van der Waals surface area contributed by atoms with Gasteiger partial charge >= 0.3 is 0 Å². The summed E-state index contributed by atoms with van der Waals surface area (Å²) in [5.74, 6) is 3.68. The topological polar surface area (TPSA) is 26.0 Å². The molecular formula is C43H65N2+. The molecule has 0 aliphatic carbocycles. The normalized spacial score (nSPS) is 12.8. The minimum absolute atomic E-state index is 0.280. The van der Waals surface area contributed by atoms with Crippen LogP contribution in [0.1, 0.15) is 185 Å². The van der Waals surface area contributed by atoms with E-state index in [1.807, 2.05) is 0 Å². The molecule has 0 bridgehead atoms. The van der Waals surface area contributed by atoms with Crippen LogP contribution in [0.15, 0.2) is 42.5 Å². The first kappa shape index (κ1) is 36.6. The Bertz CT molecular complexity index is 1330. The standard InChI is InChI=1S/C43H64N2/c1-24(2)32-20-36(26(5)6)40(37(21-32)27(7)8)34-18-17-19-35(42(34)43(44-30(13)14)45-31(15)16)41-38(28(9)10)22-33(25(3)4)23-39(41)29(11)12/h17-31H,1-16H3,(H,44,45)/p+1. The van der Waals surface area contributed by atoms with E-state index in [0.717, 1.165) is 5.84 Å². The minimum Gasteiger partial charge on any atom is -0.272 e. The van der Waals surface area contributed by atoms with Crippen molar-refractivity contribution in [3.8, 4) is 22.3 Å². The van der Waals surface area contributed by atoms with Gasteiger partial charge in [0.2, 0.25) is 0 Å². The maximum Gasteiger partial charge on any atom is 0.276 e. The molecule has 0 unspecified atom stereocenters. The van der Waals surface area contributed by atoms with Crippen molar-refractivity contribution in [2.24, 2.45) is 0 Å². The molecule has 2 N–H and O–H groups in total. The molecule has 0 aliphatic rings. The van der Waals surface area contributed by atoms with Gasteiger partial charge in [-0.2, -0.15) is 0 Å². The van der Waals surface area contributed by atoms with E-state index in [0.29, 0.717) is 35.5 Å². The molecule has 2 heteroatoms. The summed E-state index contributed by atoms with van der Waals surface area (Å²) in [6.07, 6.45) is 0. The van der Waals surface area contributed by atoms with Gasteiger partial charge in [0.25, 0.3) is 5.84 Å². The van der Waals surface area contributed by atoms with Crippen LogP contribution in [0.5, 0.6) is 0 Å². The molecule has 0 amide bonds. The minimum atomic E-state index is 0.280. The van der Waals surface area contributed by atoms with Crippen molar-refractivity contribution in [1.29, 1.82) is 0 Å². The van der Waals surface area contributed by atoms with Crippen LogP contribution in [0.3, 0.4) is 0 Å². The van der Waals surface area contributed by atoms with Crippen molar-refractivity contribution in [2.45, 2.75) is 158 Å². The van der Waals surface area contributed by atoms with E-state index in [1.165, 1.54) is 61.2 Å². The fourth-order valence-electron chi connectivity index (χ4n) is 6.54. The lowest BCUT2D eigenvalue weighted by atomic mass is 9.76. The molecule has 0 radical (unpaired) electrons. The monoisotopic (exact) mass is 610 g/mol. The number of nitrogens with one attached hydrogen (secondary N) is 2. The highest BCUT2D eigenvalue weighted by atomic mass is 15.0. The Morgan fingerprint density at radius 1 is 0.489 bits per heavy atom. The van der Waals surface area contributed by atoms with Gasteiger partial charge in [-0.25, -0.2) is 0 Å². The van der Waals surface area contributed by atoms with Crippen molar-refractivity contribution in [1.82, 2.24) is 5.32 Å². The highest BCUT2D eigenvalue weighted by Crippen LogP contribution is 2.45. The Hall–Kier alpha value is -2.87. The zero-order valence-electron chi connectivity index (χ0n) is 31.7. The first-order valence-electron chi connectivity index (χ1n) is 17.9. The van der Waals surface area contributed by atoms with Crippen LogP contribution in [0.4, 0.5) is 0 Å². The van der Waals surface area contributed by atoms with E-state index in [2.05, 4.69) is 164 Å². The smallest absolute Gasteiger partial charge is 0.272 e. The van der Waals surface area contributed by atoms with Crippen LogP contribution < -0.4 is 10.3 Å². The average Bonchev–Trinajstić information content (AvgIpc) is 2.94. The van der Waals surface area contributed by atoms with Crippen molar-refractivity contribution >= 4 is 5.84 Å². The van der Waals surface area contributed by atoms with Gasteiger partial charge in [-0.3, -0.25) is 10.3 Å². The maximum absolute atomic E-state index is 3.91. The van der Waals surface area contributed by atoms with Crippen LogP contribution in [-0.4, -0.2) is 17.9 Å². The molecule has 246 valence electrons. The molecule has 0 aliphatic heterocycles. The predicted octanol–water partition coefficient (Wildman–Crippen LogP) is 11.0. The molecule has 3 rings (SSSR count). The van der Waals surface area contributed by atoms with Gasteiger partial charge in [0, 0.05) is 0 Å². The Morgan fingerprint density at radius 3 is 1.07 bits per heavy atom. The fourth-order valence-corrected chi connectivity index (χ4v) is 6.54. The zero-order chi connectivity index (χ0) is 33.9. The summed E-state index contributed by atoms with van der Waals surface area (Å²) < 4.78 is 0. The predicted molar refractivity (Wildman–Crippen MR) is 200 cm³/mol. The van der Waals surface area contributed by atoms with Crippen molar-refractivity contribution < 1.29 is 4.99 Å². The fraction of sp³-hybridized carbons (Fsp3) is 0.558. The Labute approximate surface area is 277 Å². The van der Waals surface area contributed by atoms with Gasteiger partial charge in [0.1, 0.15) is 0 Å². The lowest BCUT2D eigenvalue weighted by Gasteiger charge is -2.28. The van der Waals surface area contributed by atoms with E-state index in [9.17, 15) is 0 Å². The summed E-state index contributed by atoms with van der Waals surface area (Å²) >= 11 is 0. The number of hydrogen-bond donors (Lipinski definition) is 2. The van der Waals surface area contributed by atoms with Gasteiger partial charge in [0.15, 0.2) is 0 Å². The molecule has 45 heavy (non-hydrogen) atoms. The quantitative estimate of drug-likeness (QED) is 0.164. The molecule has 0 heterocycles. The molecule has 2 nitrogen and oxygen atoms in total. The SMILES string of the molecule is CC(C)NC(=[NH+]C(C)C)c1c(-c2c(C(C)C)cc(C(C)C)cc2C(C)C)cccc1-c1c(C(C)C)cc(C(C)C)cc1C(C)C. The van der Waals surface area contributed by atoms with Gasteiger partial charge in [-0.1, -0.05) is 126 Å². The molecule has 0 saturated carbocycles. The van der Waals surface area contributed by atoms with Crippen LogP contribution in [0.2, 0.25) is 0 Å². The second-order valence-electron chi connectivity index (χ2n) is 15.8. The van der Waals surface area contributed by atoms with E-state index >= 15 is 0 Å². The second-order valence-corrected chi connectivity index (χ2v) is 15.8. The van der Waals surface area contributed by atoms with Gasteiger partial charge in [-0.15, -0.1) is 0 Å². The highest BCUT2D eigenvalue weighted by molar-refractivity contribution is 6.08. The molecule has 3 aromatic carbocycles. The lowest BCUT2D eigenvalue weighted by molar-refractivity contribution is -0.495. The third-order valence-corrected chi connectivity index (χ3v) is 8.98. The summed E-state index contributed by atoms with van der Waals surface area (Å²) in [6.45, 7) is 37.2. The van der Waals surface area contributed by atoms with Crippen molar-refractivity contribution in [3.63, 3.8) is 0 Å². The summed E-state index contributed by atoms with van der Waals surface area (Å²) in [6, 6.07) is 17.6. The Morgan fingerprint density at radius 2 is 0.822 bits per heavy atom. The molecule has 3 aromatic rings. The Kier molecular flexibility index (Phi) is 12.3. The molecule has 0 spiro atoms. The van der Waals surface area contributed by atoms with Gasteiger partial charge < -0.3 is 0 Å². The van der Waals surface area contributed by atoms with E-state index in [4.69, 9.17) is 0 Å². The van der Waals surface area contributed by atoms with Crippen molar-refractivity contribution in [3.05, 3.63) is 81.4 Å². The van der Waals surface area contributed by atoms with Crippen LogP contribution in [0, 0.1) is 0 Å². The number of amidine groups is 1. The average molecular weight is 610 g/mol.